The highest BCUT2D eigenvalue weighted by Gasteiger charge is 2.22. The van der Waals surface area contributed by atoms with Crippen molar-refractivity contribution in [3.63, 3.8) is 0 Å². The standard InChI is InChI=1S/C19H17N3O2.C2H6/c1-13-2-4-14(5-3-13)12-21-19(24)15-6-8-16(9-7-15)22-17(20)10-11-18(22)23;1-2/h2-11,20H,12H2,1H3,(H,21,24);1-2H3. The molecule has 0 bridgehead atoms. The lowest BCUT2D eigenvalue weighted by molar-refractivity contribution is -0.113. The molecular formula is C21H23N3O2. The quantitative estimate of drug-likeness (QED) is 0.880. The van der Waals surface area contributed by atoms with E-state index in [-0.39, 0.29) is 17.6 Å². The summed E-state index contributed by atoms with van der Waals surface area (Å²) < 4.78 is 0. The number of amidine groups is 1. The van der Waals surface area contributed by atoms with Crippen LogP contribution in [-0.4, -0.2) is 17.6 Å². The Morgan fingerprint density at radius 2 is 1.62 bits per heavy atom. The predicted octanol–water partition coefficient (Wildman–Crippen LogP) is 3.83. The van der Waals surface area contributed by atoms with Crippen molar-refractivity contribution in [1.82, 2.24) is 5.32 Å². The van der Waals surface area contributed by atoms with E-state index in [1.807, 2.05) is 45.0 Å². The average Bonchev–Trinajstić information content (AvgIpc) is 3.01. The monoisotopic (exact) mass is 349 g/mol. The molecule has 0 aliphatic carbocycles. The number of rotatable bonds is 4. The normalized spacial score (nSPS) is 12.7. The zero-order chi connectivity index (χ0) is 19.1. The van der Waals surface area contributed by atoms with E-state index >= 15 is 0 Å². The molecule has 5 heteroatoms. The number of hydrogen-bond acceptors (Lipinski definition) is 3. The second-order valence-electron chi connectivity index (χ2n) is 5.61. The molecule has 5 nitrogen and oxygen atoms in total. The number of carbonyl (C=O) groups excluding carboxylic acids is 2. The molecule has 0 spiro atoms. The maximum absolute atomic E-state index is 12.2. The van der Waals surface area contributed by atoms with Gasteiger partial charge in [0.1, 0.15) is 5.84 Å². The first-order valence-corrected chi connectivity index (χ1v) is 8.59. The molecule has 3 rings (SSSR count). The van der Waals surface area contributed by atoms with Gasteiger partial charge in [0.15, 0.2) is 0 Å². The number of aryl methyl sites for hydroxylation is 1. The van der Waals surface area contributed by atoms with Crippen molar-refractivity contribution in [3.8, 4) is 0 Å². The highest BCUT2D eigenvalue weighted by molar-refractivity contribution is 6.29. The number of nitrogens with one attached hydrogen (secondary N) is 2. The van der Waals surface area contributed by atoms with Crippen molar-refractivity contribution in [3.05, 3.63) is 77.4 Å². The van der Waals surface area contributed by atoms with Crippen molar-refractivity contribution in [1.29, 1.82) is 5.41 Å². The van der Waals surface area contributed by atoms with Gasteiger partial charge in [0.2, 0.25) is 0 Å². The summed E-state index contributed by atoms with van der Waals surface area (Å²) in [4.78, 5) is 25.2. The topological polar surface area (TPSA) is 73.3 Å². The van der Waals surface area contributed by atoms with Crippen molar-refractivity contribution in [2.75, 3.05) is 4.90 Å². The summed E-state index contributed by atoms with van der Waals surface area (Å²) in [7, 11) is 0. The highest BCUT2D eigenvalue weighted by atomic mass is 16.2. The Morgan fingerprint density at radius 3 is 2.15 bits per heavy atom. The zero-order valence-electron chi connectivity index (χ0n) is 15.2. The molecule has 0 saturated carbocycles. The van der Waals surface area contributed by atoms with Gasteiger partial charge in [-0.15, -0.1) is 0 Å². The van der Waals surface area contributed by atoms with Gasteiger partial charge in [0, 0.05) is 18.2 Å². The second kappa shape index (κ2) is 8.76. The average molecular weight is 349 g/mol. The number of amides is 2. The third-order valence-corrected chi connectivity index (χ3v) is 3.81. The molecule has 0 unspecified atom stereocenters. The number of nitrogens with zero attached hydrogens (tertiary/aromatic N) is 1. The largest absolute Gasteiger partial charge is 0.348 e. The summed E-state index contributed by atoms with van der Waals surface area (Å²) in [5, 5.41) is 10.6. The third-order valence-electron chi connectivity index (χ3n) is 3.81. The molecule has 2 amide bonds. The van der Waals surface area contributed by atoms with Crippen LogP contribution < -0.4 is 10.2 Å². The van der Waals surface area contributed by atoms with E-state index in [0.717, 1.165) is 5.56 Å². The molecule has 2 N–H and O–H groups in total. The summed E-state index contributed by atoms with van der Waals surface area (Å²) in [6.45, 7) is 6.48. The lowest BCUT2D eigenvalue weighted by atomic mass is 10.1. The third kappa shape index (κ3) is 4.45. The summed E-state index contributed by atoms with van der Waals surface area (Å²) >= 11 is 0. The first-order valence-electron chi connectivity index (χ1n) is 8.59. The Morgan fingerprint density at radius 1 is 1.00 bits per heavy atom. The summed E-state index contributed by atoms with van der Waals surface area (Å²) in [6.07, 6.45) is 2.80. The van der Waals surface area contributed by atoms with Crippen LogP contribution in [0.5, 0.6) is 0 Å². The maximum Gasteiger partial charge on any atom is 0.256 e. The molecule has 2 aromatic carbocycles. The van der Waals surface area contributed by atoms with Gasteiger partial charge in [-0.05, 0) is 42.8 Å². The molecule has 1 aliphatic rings. The number of carbonyl (C=O) groups is 2. The number of benzene rings is 2. The predicted molar refractivity (Wildman–Crippen MR) is 104 cm³/mol. The van der Waals surface area contributed by atoms with Gasteiger partial charge in [-0.2, -0.15) is 0 Å². The SMILES string of the molecule is CC.Cc1ccc(CNC(=O)c2ccc(N3C(=N)C=CC3=O)cc2)cc1. The van der Waals surface area contributed by atoms with Crippen LogP contribution in [0.2, 0.25) is 0 Å². The zero-order valence-corrected chi connectivity index (χ0v) is 15.2. The first kappa shape index (κ1) is 19.1. The molecule has 1 aliphatic heterocycles. The van der Waals surface area contributed by atoms with Gasteiger partial charge in [0.25, 0.3) is 11.8 Å². The van der Waals surface area contributed by atoms with E-state index in [1.54, 1.807) is 24.3 Å². The van der Waals surface area contributed by atoms with Crippen LogP contribution in [0, 0.1) is 12.3 Å². The smallest absolute Gasteiger partial charge is 0.256 e. The van der Waals surface area contributed by atoms with E-state index in [4.69, 9.17) is 5.41 Å². The fourth-order valence-corrected chi connectivity index (χ4v) is 2.44. The Kier molecular flexibility index (Phi) is 6.44. The highest BCUT2D eigenvalue weighted by Crippen LogP contribution is 2.19. The summed E-state index contributed by atoms with van der Waals surface area (Å²) in [5.41, 5.74) is 3.30. The molecule has 0 aromatic heterocycles. The molecule has 26 heavy (non-hydrogen) atoms. The molecule has 0 fully saturated rings. The first-order chi connectivity index (χ1) is 12.5. The van der Waals surface area contributed by atoms with Crippen molar-refractivity contribution >= 4 is 23.3 Å². The minimum atomic E-state index is -0.253. The Hall–Kier alpha value is -3.21. The van der Waals surface area contributed by atoms with Crippen LogP contribution in [0.3, 0.4) is 0 Å². The van der Waals surface area contributed by atoms with E-state index in [2.05, 4.69) is 5.32 Å². The van der Waals surface area contributed by atoms with E-state index in [1.165, 1.54) is 22.6 Å². The molecule has 2 aromatic rings. The summed E-state index contributed by atoms with van der Waals surface area (Å²) in [6, 6.07) is 14.6. The molecular weight excluding hydrogens is 326 g/mol. The van der Waals surface area contributed by atoms with Gasteiger partial charge in [-0.25, -0.2) is 0 Å². The van der Waals surface area contributed by atoms with Crippen molar-refractivity contribution in [2.45, 2.75) is 27.3 Å². The second-order valence-corrected chi connectivity index (χ2v) is 5.61. The van der Waals surface area contributed by atoms with Crippen LogP contribution in [0.4, 0.5) is 5.69 Å². The van der Waals surface area contributed by atoms with E-state index < -0.39 is 0 Å². The number of anilines is 1. The van der Waals surface area contributed by atoms with Crippen LogP contribution in [0.25, 0.3) is 0 Å². The summed E-state index contributed by atoms with van der Waals surface area (Å²) in [5.74, 6) is -0.309. The lowest BCUT2D eigenvalue weighted by Gasteiger charge is -2.16. The fourth-order valence-electron chi connectivity index (χ4n) is 2.44. The molecule has 1 heterocycles. The Balaban J connectivity index is 0.00000117. The molecule has 0 atom stereocenters. The van der Waals surface area contributed by atoms with Crippen molar-refractivity contribution in [2.24, 2.45) is 0 Å². The molecule has 0 radical (unpaired) electrons. The van der Waals surface area contributed by atoms with Crippen LogP contribution in [-0.2, 0) is 11.3 Å². The molecule has 134 valence electrons. The Labute approximate surface area is 153 Å². The van der Waals surface area contributed by atoms with Gasteiger partial charge in [-0.1, -0.05) is 43.7 Å². The van der Waals surface area contributed by atoms with E-state index in [0.29, 0.717) is 17.8 Å². The minimum absolute atomic E-state index is 0.122. The van der Waals surface area contributed by atoms with Gasteiger partial charge < -0.3 is 5.32 Å². The van der Waals surface area contributed by atoms with Crippen molar-refractivity contribution < 1.29 is 9.59 Å². The van der Waals surface area contributed by atoms with Gasteiger partial charge >= 0.3 is 0 Å². The van der Waals surface area contributed by atoms with Gasteiger partial charge in [-0.3, -0.25) is 19.9 Å². The van der Waals surface area contributed by atoms with Crippen LogP contribution in [0.15, 0.2) is 60.7 Å². The van der Waals surface area contributed by atoms with E-state index in [9.17, 15) is 9.59 Å². The number of hydrogen-bond donors (Lipinski definition) is 2. The Bertz CT molecular complexity index is 803. The molecule has 0 saturated heterocycles. The van der Waals surface area contributed by atoms with Gasteiger partial charge in [0.05, 0.1) is 5.69 Å². The van der Waals surface area contributed by atoms with Crippen LogP contribution in [0.1, 0.15) is 35.3 Å². The van der Waals surface area contributed by atoms with Crippen LogP contribution >= 0.6 is 0 Å². The lowest BCUT2D eigenvalue weighted by Crippen LogP contribution is -2.29. The fraction of sp³-hybridized carbons (Fsp3) is 0.190. The maximum atomic E-state index is 12.2. The minimum Gasteiger partial charge on any atom is -0.348 e.